The molecule has 164 valence electrons. The average molecular weight is 432 g/mol. The van der Waals surface area contributed by atoms with Crippen LogP contribution in [0.1, 0.15) is 36.7 Å². The van der Waals surface area contributed by atoms with Crippen molar-refractivity contribution in [3.05, 3.63) is 53.4 Å². The van der Waals surface area contributed by atoms with Crippen molar-refractivity contribution in [1.82, 2.24) is 25.2 Å². The second kappa shape index (κ2) is 8.89. The van der Waals surface area contributed by atoms with Gasteiger partial charge in [0, 0.05) is 31.5 Å². The van der Waals surface area contributed by atoms with Crippen LogP contribution >= 0.6 is 0 Å². The van der Waals surface area contributed by atoms with Gasteiger partial charge < -0.3 is 20.5 Å². The van der Waals surface area contributed by atoms with E-state index in [1.807, 2.05) is 26.8 Å². The largest absolute Gasteiger partial charge is 0.347 e. The molecule has 0 fully saturated rings. The molecule has 0 aliphatic heterocycles. The quantitative estimate of drug-likeness (QED) is 0.420. The van der Waals surface area contributed by atoms with E-state index >= 15 is 0 Å². The Labute approximate surface area is 186 Å². The van der Waals surface area contributed by atoms with Crippen LogP contribution in [0.4, 0.5) is 11.5 Å². The molecule has 1 aromatic carbocycles. The van der Waals surface area contributed by atoms with Crippen molar-refractivity contribution in [2.24, 2.45) is 0 Å². The molecule has 0 atom stereocenters. The SMILES string of the molecule is CN(C)C(=O)C(C#N)=Cc1ccc(Nc2cnc3[nH]cc(C(=O)NC(C)(C)C)c3n2)cc1. The summed E-state index contributed by atoms with van der Waals surface area (Å²) >= 11 is 0. The maximum atomic E-state index is 12.6. The molecule has 2 amide bonds. The summed E-state index contributed by atoms with van der Waals surface area (Å²) in [6.45, 7) is 5.73. The number of aromatic amines is 1. The van der Waals surface area contributed by atoms with Gasteiger partial charge in [-0.15, -0.1) is 0 Å². The summed E-state index contributed by atoms with van der Waals surface area (Å²) in [5.74, 6) is -0.103. The van der Waals surface area contributed by atoms with Gasteiger partial charge in [-0.1, -0.05) is 12.1 Å². The summed E-state index contributed by atoms with van der Waals surface area (Å²) in [5.41, 5.74) is 2.55. The average Bonchev–Trinajstić information content (AvgIpc) is 3.15. The number of H-pyrrole nitrogens is 1. The van der Waals surface area contributed by atoms with Gasteiger partial charge in [0.25, 0.3) is 11.8 Å². The summed E-state index contributed by atoms with van der Waals surface area (Å²) in [6.07, 6.45) is 4.71. The van der Waals surface area contributed by atoms with Crippen LogP contribution in [0.3, 0.4) is 0 Å². The molecule has 32 heavy (non-hydrogen) atoms. The van der Waals surface area contributed by atoms with Crippen LogP contribution in [-0.4, -0.2) is 51.3 Å². The lowest BCUT2D eigenvalue weighted by Crippen LogP contribution is -2.40. The first-order valence-electron chi connectivity index (χ1n) is 9.94. The highest BCUT2D eigenvalue weighted by atomic mass is 16.2. The summed E-state index contributed by atoms with van der Waals surface area (Å²) in [5, 5.41) is 15.3. The van der Waals surface area contributed by atoms with Crippen LogP contribution < -0.4 is 10.6 Å². The Morgan fingerprint density at radius 2 is 1.88 bits per heavy atom. The molecule has 0 radical (unpaired) electrons. The molecule has 3 rings (SSSR count). The van der Waals surface area contributed by atoms with Gasteiger partial charge in [0.2, 0.25) is 0 Å². The topological polar surface area (TPSA) is 127 Å². The van der Waals surface area contributed by atoms with E-state index < -0.39 is 0 Å². The van der Waals surface area contributed by atoms with Crippen LogP contribution in [-0.2, 0) is 4.79 Å². The van der Waals surface area contributed by atoms with Crippen molar-refractivity contribution in [3.8, 4) is 6.07 Å². The van der Waals surface area contributed by atoms with Gasteiger partial charge in [0.1, 0.15) is 23.0 Å². The standard InChI is InChI=1S/C23H25N7O2/c1-23(2,3)29-21(31)17-12-25-20-19(17)28-18(13-26-20)27-16-8-6-14(7-9-16)10-15(11-24)22(32)30(4)5/h6-10,12-13H,1-5H3,(H,25,26)(H,27,28)(H,29,31). The number of carbonyl (C=O) groups is 2. The Morgan fingerprint density at radius 3 is 2.47 bits per heavy atom. The fraction of sp³-hybridized carbons (Fsp3) is 0.261. The molecule has 2 heterocycles. The minimum Gasteiger partial charge on any atom is -0.347 e. The lowest BCUT2D eigenvalue weighted by molar-refractivity contribution is -0.124. The van der Waals surface area contributed by atoms with Gasteiger partial charge in [0.15, 0.2) is 5.65 Å². The molecular formula is C23H25N7O2. The molecule has 9 nitrogen and oxygen atoms in total. The lowest BCUT2D eigenvalue weighted by Gasteiger charge is -2.20. The molecule has 0 aliphatic rings. The Hall–Kier alpha value is -4.19. The van der Waals surface area contributed by atoms with Crippen molar-refractivity contribution in [2.45, 2.75) is 26.3 Å². The summed E-state index contributed by atoms with van der Waals surface area (Å²) in [6, 6.07) is 9.10. The zero-order chi connectivity index (χ0) is 23.5. The number of nitrogens with one attached hydrogen (secondary N) is 3. The zero-order valence-electron chi connectivity index (χ0n) is 18.6. The third kappa shape index (κ3) is 5.29. The number of nitrogens with zero attached hydrogens (tertiary/aromatic N) is 4. The number of carbonyl (C=O) groups excluding carboxylic acids is 2. The molecule has 0 unspecified atom stereocenters. The van der Waals surface area contributed by atoms with E-state index in [0.717, 1.165) is 11.3 Å². The number of benzene rings is 1. The van der Waals surface area contributed by atoms with Gasteiger partial charge in [-0.3, -0.25) is 9.59 Å². The second-order valence-corrected chi connectivity index (χ2v) is 8.48. The van der Waals surface area contributed by atoms with Crippen LogP contribution in [0.2, 0.25) is 0 Å². The molecular weight excluding hydrogens is 406 g/mol. The molecule has 3 aromatic rings. The van der Waals surface area contributed by atoms with E-state index in [4.69, 9.17) is 0 Å². The number of anilines is 2. The zero-order valence-corrected chi connectivity index (χ0v) is 18.6. The maximum Gasteiger partial charge on any atom is 0.264 e. The van der Waals surface area contributed by atoms with E-state index in [1.54, 1.807) is 50.8 Å². The number of amides is 2. The predicted octanol–water partition coefficient (Wildman–Crippen LogP) is 3.22. The van der Waals surface area contributed by atoms with E-state index in [2.05, 4.69) is 25.6 Å². The van der Waals surface area contributed by atoms with Crippen LogP contribution in [0.5, 0.6) is 0 Å². The van der Waals surface area contributed by atoms with Crippen LogP contribution in [0.25, 0.3) is 17.2 Å². The number of aromatic nitrogens is 3. The smallest absolute Gasteiger partial charge is 0.264 e. The summed E-state index contributed by atoms with van der Waals surface area (Å²) in [7, 11) is 3.20. The number of rotatable bonds is 5. The highest BCUT2D eigenvalue weighted by Crippen LogP contribution is 2.21. The number of hydrogen-bond donors (Lipinski definition) is 3. The number of nitriles is 1. The Balaban J connectivity index is 1.81. The van der Waals surface area contributed by atoms with Crippen molar-refractivity contribution >= 4 is 40.6 Å². The maximum absolute atomic E-state index is 12.6. The van der Waals surface area contributed by atoms with Gasteiger partial charge in [-0.05, 0) is 44.5 Å². The first kappa shape index (κ1) is 22.5. The number of hydrogen-bond acceptors (Lipinski definition) is 6. The van der Waals surface area contributed by atoms with Crippen molar-refractivity contribution in [3.63, 3.8) is 0 Å². The first-order valence-corrected chi connectivity index (χ1v) is 9.94. The van der Waals surface area contributed by atoms with Gasteiger partial charge in [-0.2, -0.15) is 5.26 Å². The molecule has 0 spiro atoms. The Bertz CT molecular complexity index is 1230. The van der Waals surface area contributed by atoms with Gasteiger partial charge >= 0.3 is 0 Å². The Kier molecular flexibility index (Phi) is 6.25. The van der Waals surface area contributed by atoms with E-state index in [-0.39, 0.29) is 22.9 Å². The first-order chi connectivity index (χ1) is 15.1. The normalized spacial score (nSPS) is 11.7. The fourth-order valence-corrected chi connectivity index (χ4v) is 2.89. The molecule has 9 heteroatoms. The number of likely N-dealkylation sites (N-methyl/N-ethyl adjacent to an activating group) is 1. The molecule has 3 N–H and O–H groups in total. The van der Waals surface area contributed by atoms with Gasteiger partial charge in [-0.25, -0.2) is 9.97 Å². The van der Waals surface area contributed by atoms with E-state index in [0.29, 0.717) is 22.5 Å². The Morgan fingerprint density at radius 1 is 1.19 bits per heavy atom. The highest BCUT2D eigenvalue weighted by Gasteiger charge is 2.20. The number of fused-ring (bicyclic) bond motifs is 1. The van der Waals surface area contributed by atoms with Crippen LogP contribution in [0.15, 0.2) is 42.2 Å². The summed E-state index contributed by atoms with van der Waals surface area (Å²) < 4.78 is 0. The van der Waals surface area contributed by atoms with E-state index in [9.17, 15) is 14.9 Å². The molecule has 0 aliphatic carbocycles. The third-order valence-corrected chi connectivity index (χ3v) is 4.37. The molecule has 0 saturated heterocycles. The van der Waals surface area contributed by atoms with E-state index in [1.165, 1.54) is 11.0 Å². The van der Waals surface area contributed by atoms with Crippen molar-refractivity contribution in [2.75, 3.05) is 19.4 Å². The van der Waals surface area contributed by atoms with Gasteiger partial charge in [0.05, 0.1) is 11.8 Å². The minimum absolute atomic E-state index is 0.0561. The lowest BCUT2D eigenvalue weighted by atomic mass is 10.1. The third-order valence-electron chi connectivity index (χ3n) is 4.37. The van der Waals surface area contributed by atoms with Crippen molar-refractivity contribution in [1.29, 1.82) is 5.26 Å². The fourth-order valence-electron chi connectivity index (χ4n) is 2.89. The van der Waals surface area contributed by atoms with Crippen LogP contribution in [0, 0.1) is 11.3 Å². The molecule has 0 bridgehead atoms. The highest BCUT2D eigenvalue weighted by molar-refractivity contribution is 6.05. The minimum atomic E-state index is -0.372. The monoisotopic (exact) mass is 431 g/mol. The predicted molar refractivity (Wildman–Crippen MR) is 123 cm³/mol. The molecule has 0 saturated carbocycles. The molecule has 2 aromatic heterocycles. The second-order valence-electron chi connectivity index (χ2n) is 8.48. The summed E-state index contributed by atoms with van der Waals surface area (Å²) in [4.78, 5) is 37.8. The van der Waals surface area contributed by atoms with Crippen molar-refractivity contribution < 1.29 is 9.59 Å².